The molecule has 1 amide bonds. The zero-order valence-electron chi connectivity index (χ0n) is 10.6. The van der Waals surface area contributed by atoms with Gasteiger partial charge in [-0.05, 0) is 12.3 Å². The van der Waals surface area contributed by atoms with E-state index in [1.807, 2.05) is 13.8 Å². The minimum absolute atomic E-state index is 0.0376. The Kier molecular flexibility index (Phi) is 8.05. The van der Waals surface area contributed by atoms with Gasteiger partial charge in [0.25, 0.3) is 0 Å². The smallest absolute Gasteiger partial charge is 0.306 e. The van der Waals surface area contributed by atoms with Gasteiger partial charge >= 0.3 is 5.97 Å². The summed E-state index contributed by atoms with van der Waals surface area (Å²) in [6.45, 7) is 7.61. The van der Waals surface area contributed by atoms with E-state index in [0.29, 0.717) is 6.42 Å². The molecule has 0 saturated heterocycles. The van der Waals surface area contributed by atoms with Crippen LogP contribution in [0.5, 0.6) is 0 Å². The third-order valence-electron chi connectivity index (χ3n) is 2.36. The van der Waals surface area contributed by atoms with E-state index in [1.165, 1.54) is 6.08 Å². The van der Waals surface area contributed by atoms with E-state index in [-0.39, 0.29) is 43.4 Å². The second-order valence-corrected chi connectivity index (χ2v) is 4.13. The topological polar surface area (TPSA) is 81.4 Å². The first-order chi connectivity index (χ1) is 8.01. The maximum absolute atomic E-state index is 11.3. The average molecular weight is 242 g/mol. The molecule has 17 heavy (non-hydrogen) atoms. The van der Waals surface area contributed by atoms with Gasteiger partial charge in [-0.25, -0.2) is 0 Å². The third kappa shape index (κ3) is 7.52. The first-order valence-electron chi connectivity index (χ1n) is 5.77. The first-order valence-corrected chi connectivity index (χ1v) is 5.77. The number of carbonyl (C=O) groups excluding carboxylic acids is 2. The molecule has 0 heterocycles. The molecule has 0 rings (SSSR count). The lowest BCUT2D eigenvalue weighted by atomic mass is 9.99. The van der Waals surface area contributed by atoms with Crippen molar-refractivity contribution in [1.82, 2.24) is 5.32 Å². The van der Waals surface area contributed by atoms with Crippen molar-refractivity contribution in [3.8, 4) is 0 Å². The highest BCUT2D eigenvalue weighted by Gasteiger charge is 2.17. The summed E-state index contributed by atoms with van der Waals surface area (Å²) in [4.78, 5) is 22.5. The van der Waals surface area contributed by atoms with Gasteiger partial charge in [0.2, 0.25) is 5.91 Å². The Morgan fingerprint density at radius 3 is 2.59 bits per heavy atom. The number of amides is 1. The fourth-order valence-electron chi connectivity index (χ4n) is 1.34. The Bertz CT molecular complexity index is 264. The zero-order chi connectivity index (χ0) is 13.3. The van der Waals surface area contributed by atoms with Crippen molar-refractivity contribution in [2.75, 3.05) is 13.2 Å². The molecule has 0 aromatic rings. The van der Waals surface area contributed by atoms with Crippen LogP contribution in [-0.4, -0.2) is 31.1 Å². The van der Waals surface area contributed by atoms with E-state index in [9.17, 15) is 9.59 Å². The summed E-state index contributed by atoms with van der Waals surface area (Å²) < 4.78 is 4.86. The SMILES string of the molecule is C=CCOC(=O)CC[C@H](NC(=O)CN)C(C)C. The molecule has 0 saturated carbocycles. The van der Waals surface area contributed by atoms with Gasteiger partial charge in [-0.2, -0.15) is 0 Å². The summed E-state index contributed by atoms with van der Waals surface area (Å²) >= 11 is 0. The van der Waals surface area contributed by atoms with E-state index in [0.717, 1.165) is 0 Å². The Morgan fingerprint density at radius 2 is 2.12 bits per heavy atom. The van der Waals surface area contributed by atoms with Gasteiger partial charge in [-0.15, -0.1) is 0 Å². The summed E-state index contributed by atoms with van der Waals surface area (Å²) in [6.07, 6.45) is 2.36. The summed E-state index contributed by atoms with van der Waals surface area (Å²) in [6, 6.07) is -0.0534. The number of esters is 1. The lowest BCUT2D eigenvalue weighted by Gasteiger charge is -2.21. The Balaban J connectivity index is 4.04. The molecule has 0 bridgehead atoms. The molecular weight excluding hydrogens is 220 g/mol. The highest BCUT2D eigenvalue weighted by Crippen LogP contribution is 2.09. The molecule has 1 atom stereocenters. The molecule has 0 spiro atoms. The molecule has 0 fully saturated rings. The minimum atomic E-state index is -0.280. The highest BCUT2D eigenvalue weighted by atomic mass is 16.5. The largest absolute Gasteiger partial charge is 0.461 e. The molecule has 0 radical (unpaired) electrons. The van der Waals surface area contributed by atoms with Crippen LogP contribution in [0.2, 0.25) is 0 Å². The van der Waals surface area contributed by atoms with Crippen molar-refractivity contribution >= 4 is 11.9 Å². The fraction of sp³-hybridized carbons (Fsp3) is 0.667. The van der Waals surface area contributed by atoms with Crippen LogP contribution >= 0.6 is 0 Å². The van der Waals surface area contributed by atoms with Gasteiger partial charge in [0.05, 0.1) is 6.54 Å². The van der Waals surface area contributed by atoms with Crippen molar-refractivity contribution in [3.63, 3.8) is 0 Å². The molecule has 0 aromatic carbocycles. The van der Waals surface area contributed by atoms with Crippen molar-refractivity contribution in [1.29, 1.82) is 0 Å². The van der Waals surface area contributed by atoms with Crippen molar-refractivity contribution < 1.29 is 14.3 Å². The quantitative estimate of drug-likeness (QED) is 0.482. The molecule has 5 nitrogen and oxygen atoms in total. The van der Waals surface area contributed by atoms with Crippen LogP contribution in [0.25, 0.3) is 0 Å². The normalized spacial score (nSPS) is 12.0. The molecule has 98 valence electrons. The highest BCUT2D eigenvalue weighted by molar-refractivity contribution is 5.78. The van der Waals surface area contributed by atoms with Gasteiger partial charge in [-0.1, -0.05) is 26.5 Å². The zero-order valence-corrected chi connectivity index (χ0v) is 10.6. The molecule has 0 aliphatic heterocycles. The van der Waals surface area contributed by atoms with Gasteiger partial charge in [-0.3, -0.25) is 9.59 Å². The van der Waals surface area contributed by atoms with Crippen LogP contribution in [-0.2, 0) is 14.3 Å². The fourth-order valence-corrected chi connectivity index (χ4v) is 1.34. The third-order valence-corrected chi connectivity index (χ3v) is 2.36. The lowest BCUT2D eigenvalue weighted by Crippen LogP contribution is -2.42. The number of nitrogens with two attached hydrogens (primary N) is 1. The van der Waals surface area contributed by atoms with Gasteiger partial charge < -0.3 is 15.8 Å². The maximum Gasteiger partial charge on any atom is 0.306 e. The minimum Gasteiger partial charge on any atom is -0.461 e. The summed E-state index contributed by atoms with van der Waals surface area (Å²) in [7, 11) is 0. The van der Waals surface area contributed by atoms with Crippen LogP contribution in [0, 0.1) is 5.92 Å². The number of hydrogen-bond acceptors (Lipinski definition) is 4. The summed E-state index contributed by atoms with van der Waals surface area (Å²) in [5.41, 5.74) is 5.23. The molecule has 3 N–H and O–H groups in total. The lowest BCUT2D eigenvalue weighted by molar-refractivity contribution is -0.142. The van der Waals surface area contributed by atoms with Crippen LogP contribution in [0.15, 0.2) is 12.7 Å². The Labute approximate surface area is 102 Å². The van der Waals surface area contributed by atoms with Crippen molar-refractivity contribution in [3.05, 3.63) is 12.7 Å². The van der Waals surface area contributed by atoms with Gasteiger partial charge in [0.1, 0.15) is 6.61 Å². The van der Waals surface area contributed by atoms with Crippen LogP contribution in [0.3, 0.4) is 0 Å². The number of rotatable bonds is 8. The molecule has 0 aliphatic carbocycles. The second kappa shape index (κ2) is 8.75. The number of ether oxygens (including phenoxy) is 1. The van der Waals surface area contributed by atoms with E-state index < -0.39 is 0 Å². The Morgan fingerprint density at radius 1 is 1.47 bits per heavy atom. The van der Waals surface area contributed by atoms with Gasteiger partial charge in [0, 0.05) is 12.5 Å². The summed E-state index contributed by atoms with van der Waals surface area (Å²) in [5, 5.41) is 2.79. The number of nitrogens with one attached hydrogen (secondary N) is 1. The first kappa shape index (κ1) is 15.6. The summed E-state index contributed by atoms with van der Waals surface area (Å²) in [5.74, 6) is -0.238. The second-order valence-electron chi connectivity index (χ2n) is 4.13. The maximum atomic E-state index is 11.3. The molecule has 0 unspecified atom stereocenters. The molecule has 0 aromatic heterocycles. The standard InChI is InChI=1S/C12H22N2O3/c1-4-7-17-12(16)6-5-10(9(2)3)14-11(15)8-13/h4,9-10H,1,5-8,13H2,2-3H3,(H,14,15)/t10-/m0/s1. The molecule has 0 aliphatic rings. The number of carbonyl (C=O) groups is 2. The van der Waals surface area contributed by atoms with E-state index >= 15 is 0 Å². The predicted octanol–water partition coefficient (Wildman–Crippen LogP) is 0.595. The van der Waals surface area contributed by atoms with Crippen molar-refractivity contribution in [2.24, 2.45) is 11.7 Å². The van der Waals surface area contributed by atoms with Crippen LogP contribution in [0.4, 0.5) is 0 Å². The van der Waals surface area contributed by atoms with E-state index in [4.69, 9.17) is 10.5 Å². The van der Waals surface area contributed by atoms with E-state index in [2.05, 4.69) is 11.9 Å². The predicted molar refractivity (Wildman–Crippen MR) is 66.2 cm³/mol. The van der Waals surface area contributed by atoms with Crippen LogP contribution < -0.4 is 11.1 Å². The van der Waals surface area contributed by atoms with Crippen molar-refractivity contribution in [2.45, 2.75) is 32.7 Å². The monoisotopic (exact) mass is 242 g/mol. The van der Waals surface area contributed by atoms with Crippen LogP contribution in [0.1, 0.15) is 26.7 Å². The van der Waals surface area contributed by atoms with Gasteiger partial charge in [0.15, 0.2) is 0 Å². The Hall–Kier alpha value is -1.36. The average Bonchev–Trinajstić information content (AvgIpc) is 2.30. The molecule has 5 heteroatoms. The molecular formula is C12H22N2O3. The van der Waals surface area contributed by atoms with E-state index in [1.54, 1.807) is 0 Å². The number of hydrogen-bond donors (Lipinski definition) is 2.